The SMILES string of the molecule is CCN1CCN(c2ccc(CNS(=O)(=O)c3ccc(F)c(Cl)c3)cn2)CC1. The first kappa shape index (κ1) is 20.0. The number of sulfonamides is 1. The van der Waals surface area contributed by atoms with Crippen molar-refractivity contribution in [2.75, 3.05) is 37.6 Å². The number of aromatic nitrogens is 1. The quantitative estimate of drug-likeness (QED) is 0.789. The number of nitrogens with one attached hydrogen (secondary N) is 1. The maximum atomic E-state index is 13.2. The highest BCUT2D eigenvalue weighted by atomic mass is 35.5. The van der Waals surface area contributed by atoms with Crippen molar-refractivity contribution in [2.45, 2.75) is 18.4 Å². The number of piperazine rings is 1. The molecule has 27 heavy (non-hydrogen) atoms. The average Bonchev–Trinajstić information content (AvgIpc) is 2.69. The van der Waals surface area contributed by atoms with Gasteiger partial charge in [0.15, 0.2) is 0 Å². The highest BCUT2D eigenvalue weighted by molar-refractivity contribution is 7.89. The summed E-state index contributed by atoms with van der Waals surface area (Å²) in [6, 6.07) is 7.07. The van der Waals surface area contributed by atoms with Crippen LogP contribution in [0.3, 0.4) is 0 Å². The van der Waals surface area contributed by atoms with Crippen LogP contribution in [0.1, 0.15) is 12.5 Å². The summed E-state index contributed by atoms with van der Waals surface area (Å²) in [5.41, 5.74) is 0.739. The van der Waals surface area contributed by atoms with Gasteiger partial charge in [-0.25, -0.2) is 22.5 Å². The number of nitrogens with zero attached hydrogens (tertiary/aromatic N) is 3. The third-order valence-electron chi connectivity index (χ3n) is 4.62. The second kappa shape index (κ2) is 8.52. The van der Waals surface area contributed by atoms with Crippen molar-refractivity contribution < 1.29 is 12.8 Å². The molecule has 0 atom stereocenters. The van der Waals surface area contributed by atoms with Gasteiger partial charge in [0.1, 0.15) is 11.6 Å². The Morgan fingerprint density at radius 1 is 1.19 bits per heavy atom. The largest absolute Gasteiger partial charge is 0.354 e. The minimum absolute atomic E-state index is 0.0766. The Morgan fingerprint density at radius 3 is 2.52 bits per heavy atom. The van der Waals surface area contributed by atoms with Crippen LogP contribution in [0, 0.1) is 5.82 Å². The minimum Gasteiger partial charge on any atom is -0.354 e. The molecular formula is C18H22ClFN4O2S. The Bertz CT molecular complexity index is 885. The van der Waals surface area contributed by atoms with Gasteiger partial charge in [0, 0.05) is 38.9 Å². The topological polar surface area (TPSA) is 65.5 Å². The number of hydrogen-bond acceptors (Lipinski definition) is 5. The predicted octanol–water partition coefficient (Wildman–Crippen LogP) is 2.49. The Kier molecular flexibility index (Phi) is 6.31. The Hall–Kier alpha value is -1.74. The van der Waals surface area contributed by atoms with Crippen molar-refractivity contribution in [3.63, 3.8) is 0 Å². The second-order valence-electron chi connectivity index (χ2n) is 6.35. The first-order valence-corrected chi connectivity index (χ1v) is 10.6. The lowest BCUT2D eigenvalue weighted by molar-refractivity contribution is 0.270. The number of rotatable bonds is 6. The molecule has 1 aromatic heterocycles. The van der Waals surface area contributed by atoms with Gasteiger partial charge in [-0.15, -0.1) is 0 Å². The molecule has 0 aliphatic carbocycles. The highest BCUT2D eigenvalue weighted by Gasteiger charge is 2.18. The monoisotopic (exact) mass is 412 g/mol. The smallest absolute Gasteiger partial charge is 0.240 e. The molecule has 0 amide bonds. The molecule has 146 valence electrons. The summed E-state index contributed by atoms with van der Waals surface area (Å²) in [6.07, 6.45) is 1.67. The van der Waals surface area contributed by atoms with Gasteiger partial charge in [0.2, 0.25) is 10.0 Å². The highest BCUT2D eigenvalue weighted by Crippen LogP contribution is 2.20. The van der Waals surface area contributed by atoms with Crippen molar-refractivity contribution in [3.05, 3.63) is 52.9 Å². The van der Waals surface area contributed by atoms with Crippen LogP contribution in [-0.4, -0.2) is 51.0 Å². The number of benzene rings is 1. The van der Waals surface area contributed by atoms with E-state index in [0.29, 0.717) is 0 Å². The minimum atomic E-state index is -3.78. The molecule has 2 aromatic rings. The van der Waals surface area contributed by atoms with Crippen LogP contribution < -0.4 is 9.62 Å². The Balaban J connectivity index is 1.60. The predicted molar refractivity (Wildman–Crippen MR) is 104 cm³/mol. The van der Waals surface area contributed by atoms with Crippen LogP contribution in [0.4, 0.5) is 10.2 Å². The molecule has 3 rings (SSSR count). The molecular weight excluding hydrogens is 391 g/mol. The van der Waals surface area contributed by atoms with E-state index in [1.807, 2.05) is 12.1 Å². The first-order chi connectivity index (χ1) is 12.9. The number of halogens is 2. The molecule has 1 aliphatic heterocycles. The molecule has 1 N–H and O–H groups in total. The summed E-state index contributed by atoms with van der Waals surface area (Å²) in [5.74, 6) is 0.234. The molecule has 1 aromatic carbocycles. The van der Waals surface area contributed by atoms with Gasteiger partial charge in [0.25, 0.3) is 0 Å². The molecule has 2 heterocycles. The first-order valence-electron chi connectivity index (χ1n) is 8.76. The molecule has 1 saturated heterocycles. The van der Waals surface area contributed by atoms with Gasteiger partial charge >= 0.3 is 0 Å². The van der Waals surface area contributed by atoms with Crippen LogP contribution in [0.5, 0.6) is 0 Å². The lowest BCUT2D eigenvalue weighted by Gasteiger charge is -2.34. The van der Waals surface area contributed by atoms with E-state index in [1.165, 1.54) is 6.07 Å². The Morgan fingerprint density at radius 2 is 1.93 bits per heavy atom. The molecule has 1 fully saturated rings. The lowest BCUT2D eigenvalue weighted by atomic mass is 10.2. The van der Waals surface area contributed by atoms with Crippen LogP contribution in [0.2, 0.25) is 5.02 Å². The van der Waals surface area contributed by atoms with E-state index in [-0.39, 0.29) is 16.5 Å². The van der Waals surface area contributed by atoms with Crippen molar-refractivity contribution >= 4 is 27.4 Å². The molecule has 6 nitrogen and oxygen atoms in total. The van der Waals surface area contributed by atoms with Gasteiger partial charge in [-0.1, -0.05) is 24.6 Å². The molecule has 0 bridgehead atoms. The van der Waals surface area contributed by atoms with Crippen molar-refractivity contribution in [2.24, 2.45) is 0 Å². The standard InChI is InChI=1S/C18H22ClFN4O2S/c1-2-23-7-9-24(10-8-23)18-6-3-14(12-21-18)13-22-27(25,26)15-4-5-17(20)16(19)11-15/h3-6,11-12,22H,2,7-10,13H2,1H3. The number of anilines is 1. The van der Waals surface area contributed by atoms with E-state index in [4.69, 9.17) is 11.6 Å². The summed E-state index contributed by atoms with van der Waals surface area (Å²) >= 11 is 5.66. The second-order valence-corrected chi connectivity index (χ2v) is 8.52. The van der Waals surface area contributed by atoms with Gasteiger partial charge in [-0.3, -0.25) is 0 Å². The van der Waals surface area contributed by atoms with Crippen molar-refractivity contribution in [3.8, 4) is 0 Å². The van der Waals surface area contributed by atoms with E-state index in [2.05, 4.69) is 26.4 Å². The van der Waals surface area contributed by atoms with E-state index >= 15 is 0 Å². The summed E-state index contributed by atoms with van der Waals surface area (Å²) in [5, 5.41) is -0.230. The molecule has 0 radical (unpaired) electrons. The van der Waals surface area contributed by atoms with Crippen LogP contribution in [0.15, 0.2) is 41.4 Å². The molecule has 0 saturated carbocycles. The third kappa shape index (κ3) is 4.95. The zero-order valence-electron chi connectivity index (χ0n) is 15.0. The summed E-state index contributed by atoms with van der Waals surface area (Å²) in [6.45, 7) is 7.19. The third-order valence-corrected chi connectivity index (χ3v) is 6.31. The fraction of sp³-hybridized carbons (Fsp3) is 0.389. The molecule has 0 unspecified atom stereocenters. The number of likely N-dealkylation sites (N-methyl/N-ethyl adjacent to an activating group) is 1. The van der Waals surface area contributed by atoms with Crippen molar-refractivity contribution in [1.29, 1.82) is 0 Å². The zero-order valence-corrected chi connectivity index (χ0v) is 16.6. The summed E-state index contributed by atoms with van der Waals surface area (Å²) in [4.78, 5) is 8.99. The normalized spacial score (nSPS) is 15.9. The van der Waals surface area contributed by atoms with E-state index in [9.17, 15) is 12.8 Å². The van der Waals surface area contributed by atoms with E-state index < -0.39 is 15.8 Å². The van der Waals surface area contributed by atoms with E-state index in [1.54, 1.807) is 6.20 Å². The van der Waals surface area contributed by atoms with Crippen LogP contribution in [-0.2, 0) is 16.6 Å². The summed E-state index contributed by atoms with van der Waals surface area (Å²) in [7, 11) is -3.78. The number of hydrogen-bond donors (Lipinski definition) is 1. The molecule has 1 aliphatic rings. The van der Waals surface area contributed by atoms with Gasteiger partial charge in [-0.2, -0.15) is 0 Å². The maximum Gasteiger partial charge on any atom is 0.240 e. The average molecular weight is 413 g/mol. The van der Waals surface area contributed by atoms with E-state index in [0.717, 1.165) is 56.2 Å². The lowest BCUT2D eigenvalue weighted by Crippen LogP contribution is -2.46. The summed E-state index contributed by atoms with van der Waals surface area (Å²) < 4.78 is 40.3. The molecule has 0 spiro atoms. The number of pyridine rings is 1. The fourth-order valence-corrected chi connectivity index (χ4v) is 4.20. The maximum absolute atomic E-state index is 13.2. The Labute approximate surface area is 164 Å². The molecule has 9 heteroatoms. The van der Waals surface area contributed by atoms with Crippen LogP contribution >= 0.6 is 11.6 Å². The van der Waals surface area contributed by atoms with Crippen molar-refractivity contribution in [1.82, 2.24) is 14.6 Å². The van der Waals surface area contributed by atoms with Gasteiger partial charge < -0.3 is 9.80 Å². The van der Waals surface area contributed by atoms with Gasteiger partial charge in [0.05, 0.1) is 9.92 Å². The zero-order chi connectivity index (χ0) is 19.4. The van der Waals surface area contributed by atoms with Gasteiger partial charge in [-0.05, 0) is 36.4 Å². The fourth-order valence-electron chi connectivity index (χ4n) is 2.91. The van der Waals surface area contributed by atoms with Crippen LogP contribution in [0.25, 0.3) is 0 Å².